The van der Waals surface area contributed by atoms with Crippen molar-refractivity contribution in [1.82, 2.24) is 4.90 Å². The standard InChI is InChI=1S/C17H24N4O3/c1-14(17(22)20-8-2-3-9-20)18-10-12-19(13-11-18)15-4-6-16(7-5-15)21(23)24/h4-7,14H,2-3,8-13H2,1H3/p+1/t14-/m1/s1. The molecule has 3 rings (SSSR count). The number of amides is 1. The zero-order chi connectivity index (χ0) is 17.1. The van der Waals surface area contributed by atoms with Gasteiger partial charge in [0.05, 0.1) is 31.1 Å². The lowest BCUT2D eigenvalue weighted by atomic mass is 10.2. The predicted molar refractivity (Wildman–Crippen MR) is 91.3 cm³/mol. The summed E-state index contributed by atoms with van der Waals surface area (Å²) in [5.41, 5.74) is 1.13. The zero-order valence-electron chi connectivity index (χ0n) is 14.1. The summed E-state index contributed by atoms with van der Waals surface area (Å²) in [7, 11) is 0. The molecule has 0 aliphatic carbocycles. The maximum atomic E-state index is 12.5. The highest BCUT2D eigenvalue weighted by Gasteiger charge is 2.33. The lowest BCUT2D eigenvalue weighted by Gasteiger charge is -2.36. The number of nitrogens with zero attached hydrogens (tertiary/aromatic N) is 3. The highest BCUT2D eigenvalue weighted by Crippen LogP contribution is 2.19. The summed E-state index contributed by atoms with van der Waals surface area (Å²) < 4.78 is 0. The van der Waals surface area contributed by atoms with Crippen LogP contribution >= 0.6 is 0 Å². The number of nitro groups is 1. The first-order valence-corrected chi connectivity index (χ1v) is 8.69. The lowest BCUT2D eigenvalue weighted by molar-refractivity contribution is -0.915. The number of nitrogens with one attached hydrogen (secondary N) is 1. The van der Waals surface area contributed by atoms with Gasteiger partial charge in [-0.3, -0.25) is 14.9 Å². The van der Waals surface area contributed by atoms with Crippen molar-refractivity contribution >= 4 is 17.3 Å². The topological polar surface area (TPSA) is 71.1 Å². The molecule has 2 fully saturated rings. The number of likely N-dealkylation sites (tertiary alicyclic amines) is 1. The van der Waals surface area contributed by atoms with Crippen LogP contribution in [-0.4, -0.2) is 61.0 Å². The van der Waals surface area contributed by atoms with Gasteiger partial charge in [0.2, 0.25) is 0 Å². The van der Waals surface area contributed by atoms with Crippen molar-refractivity contribution in [3.05, 3.63) is 34.4 Å². The van der Waals surface area contributed by atoms with Gasteiger partial charge in [0.1, 0.15) is 0 Å². The average Bonchev–Trinajstić information content (AvgIpc) is 3.15. The highest BCUT2D eigenvalue weighted by molar-refractivity contribution is 5.80. The van der Waals surface area contributed by atoms with Gasteiger partial charge in [-0.25, -0.2) is 0 Å². The number of piperazine rings is 1. The van der Waals surface area contributed by atoms with E-state index < -0.39 is 0 Å². The van der Waals surface area contributed by atoms with E-state index in [-0.39, 0.29) is 22.6 Å². The molecule has 24 heavy (non-hydrogen) atoms. The molecule has 7 heteroatoms. The van der Waals surface area contributed by atoms with Gasteiger partial charge < -0.3 is 14.7 Å². The van der Waals surface area contributed by atoms with E-state index in [0.29, 0.717) is 0 Å². The first-order valence-electron chi connectivity index (χ1n) is 8.69. The predicted octanol–water partition coefficient (Wildman–Crippen LogP) is 0.311. The van der Waals surface area contributed by atoms with E-state index >= 15 is 0 Å². The number of hydrogen-bond acceptors (Lipinski definition) is 4. The number of benzene rings is 1. The van der Waals surface area contributed by atoms with Crippen molar-refractivity contribution in [3.8, 4) is 0 Å². The molecule has 2 saturated heterocycles. The molecule has 130 valence electrons. The van der Waals surface area contributed by atoms with Gasteiger partial charge >= 0.3 is 0 Å². The van der Waals surface area contributed by atoms with Gasteiger partial charge in [0, 0.05) is 30.9 Å². The Hall–Kier alpha value is -2.15. The lowest BCUT2D eigenvalue weighted by Crippen LogP contribution is -3.19. The first-order chi connectivity index (χ1) is 11.6. The number of non-ortho nitro benzene ring substituents is 1. The van der Waals surface area contributed by atoms with Crippen molar-refractivity contribution in [2.24, 2.45) is 0 Å². The molecule has 0 bridgehead atoms. The average molecular weight is 333 g/mol. The van der Waals surface area contributed by atoms with Crippen LogP contribution in [0.15, 0.2) is 24.3 Å². The minimum absolute atomic E-state index is 0.0158. The van der Waals surface area contributed by atoms with E-state index in [2.05, 4.69) is 4.90 Å². The smallest absolute Gasteiger partial charge is 0.280 e. The van der Waals surface area contributed by atoms with Crippen molar-refractivity contribution in [1.29, 1.82) is 0 Å². The summed E-state index contributed by atoms with van der Waals surface area (Å²) in [4.78, 5) is 28.5. The fraction of sp³-hybridized carbons (Fsp3) is 0.588. The van der Waals surface area contributed by atoms with Gasteiger partial charge in [-0.05, 0) is 31.9 Å². The fourth-order valence-corrected chi connectivity index (χ4v) is 3.66. The van der Waals surface area contributed by atoms with Crippen molar-refractivity contribution < 1.29 is 14.6 Å². The van der Waals surface area contributed by atoms with Gasteiger partial charge in [-0.15, -0.1) is 0 Å². The number of carbonyl (C=O) groups excluding carboxylic acids is 1. The Morgan fingerprint density at radius 1 is 1.12 bits per heavy atom. The second-order valence-electron chi connectivity index (χ2n) is 6.67. The van der Waals surface area contributed by atoms with Gasteiger partial charge in [-0.1, -0.05) is 0 Å². The number of anilines is 1. The number of rotatable bonds is 4. The molecular weight excluding hydrogens is 308 g/mol. The molecule has 0 unspecified atom stereocenters. The minimum Gasteiger partial charge on any atom is -0.360 e. The van der Waals surface area contributed by atoms with Crippen LogP contribution in [0.5, 0.6) is 0 Å². The van der Waals surface area contributed by atoms with E-state index in [4.69, 9.17) is 0 Å². The fourth-order valence-electron chi connectivity index (χ4n) is 3.66. The van der Waals surface area contributed by atoms with Crippen molar-refractivity contribution in [2.45, 2.75) is 25.8 Å². The number of carbonyl (C=O) groups is 1. The second-order valence-corrected chi connectivity index (χ2v) is 6.67. The quantitative estimate of drug-likeness (QED) is 0.636. The molecule has 0 aromatic heterocycles. The number of hydrogen-bond donors (Lipinski definition) is 1. The van der Waals surface area contributed by atoms with Crippen molar-refractivity contribution in [3.63, 3.8) is 0 Å². The highest BCUT2D eigenvalue weighted by atomic mass is 16.6. The summed E-state index contributed by atoms with van der Waals surface area (Å²) in [5, 5.41) is 10.7. The third-order valence-electron chi connectivity index (χ3n) is 5.23. The van der Waals surface area contributed by atoms with Crippen LogP contribution in [0.1, 0.15) is 19.8 Å². The summed E-state index contributed by atoms with van der Waals surface area (Å²) in [5.74, 6) is 0.284. The SMILES string of the molecule is C[C@H](C(=O)N1CCCC1)[NH+]1CCN(c2ccc([N+](=O)[O-])cc2)CC1. The third kappa shape index (κ3) is 3.51. The first kappa shape index (κ1) is 16.7. The van der Waals surface area contributed by atoms with Crippen LogP contribution in [0.25, 0.3) is 0 Å². The Labute approximate surface area is 142 Å². The molecule has 1 atom stereocenters. The van der Waals surface area contributed by atoms with E-state index in [1.807, 2.05) is 24.0 Å². The Balaban J connectivity index is 1.55. The molecule has 1 aromatic carbocycles. The van der Waals surface area contributed by atoms with Gasteiger partial charge in [0.15, 0.2) is 6.04 Å². The normalized spacial score (nSPS) is 20.2. The largest absolute Gasteiger partial charge is 0.360 e. The maximum Gasteiger partial charge on any atom is 0.280 e. The molecule has 0 spiro atoms. The van der Waals surface area contributed by atoms with Crippen molar-refractivity contribution in [2.75, 3.05) is 44.2 Å². The van der Waals surface area contributed by atoms with E-state index in [0.717, 1.165) is 57.8 Å². The number of quaternary nitrogens is 1. The minimum atomic E-state index is -0.377. The molecule has 2 aliphatic rings. The Kier molecular flexibility index (Phi) is 4.99. The molecule has 0 saturated carbocycles. The van der Waals surface area contributed by atoms with Crippen LogP contribution in [-0.2, 0) is 4.79 Å². The van der Waals surface area contributed by atoms with E-state index in [1.54, 1.807) is 12.1 Å². The maximum absolute atomic E-state index is 12.5. The van der Waals surface area contributed by atoms with Gasteiger partial charge in [0.25, 0.3) is 11.6 Å². The molecule has 1 aromatic rings. The van der Waals surface area contributed by atoms with Crippen LogP contribution in [0, 0.1) is 10.1 Å². The summed E-state index contributed by atoms with van der Waals surface area (Å²) >= 11 is 0. The molecule has 0 radical (unpaired) electrons. The van der Waals surface area contributed by atoms with Crippen LogP contribution in [0.4, 0.5) is 11.4 Å². The van der Waals surface area contributed by atoms with Crippen LogP contribution in [0.2, 0.25) is 0 Å². The van der Waals surface area contributed by atoms with Crippen LogP contribution in [0.3, 0.4) is 0 Å². The summed E-state index contributed by atoms with van der Waals surface area (Å²) in [6.07, 6.45) is 2.25. The molecule has 2 heterocycles. The summed E-state index contributed by atoms with van der Waals surface area (Å²) in [6.45, 7) is 7.42. The Bertz CT molecular complexity index is 590. The molecule has 1 N–H and O–H groups in total. The molecular formula is C17H25N4O3+. The Morgan fingerprint density at radius 2 is 1.71 bits per heavy atom. The van der Waals surface area contributed by atoms with E-state index in [9.17, 15) is 14.9 Å². The molecule has 2 aliphatic heterocycles. The molecule has 1 amide bonds. The third-order valence-corrected chi connectivity index (χ3v) is 5.23. The van der Waals surface area contributed by atoms with Crippen LogP contribution < -0.4 is 9.80 Å². The summed E-state index contributed by atoms with van der Waals surface area (Å²) in [6, 6.07) is 6.73. The number of nitro benzene ring substituents is 1. The second kappa shape index (κ2) is 7.17. The van der Waals surface area contributed by atoms with Gasteiger partial charge in [-0.2, -0.15) is 0 Å². The monoisotopic (exact) mass is 333 g/mol. The molecule has 7 nitrogen and oxygen atoms in total. The zero-order valence-corrected chi connectivity index (χ0v) is 14.1. The Morgan fingerprint density at radius 3 is 2.25 bits per heavy atom. The van der Waals surface area contributed by atoms with E-state index in [1.165, 1.54) is 4.90 Å².